The summed E-state index contributed by atoms with van der Waals surface area (Å²) in [5.74, 6) is -2.18. The average Bonchev–Trinajstić information content (AvgIpc) is 2.87. The SMILES string of the molecule is CC(=O)O[C@H]1[C@H](OC(C)=O)C(OP(=O)(OCc2ccccc2)OCc2ccccc2)OC(C)[C@@H]1OC(C)=O. The van der Waals surface area contributed by atoms with Crippen molar-refractivity contribution in [1.82, 2.24) is 0 Å². The maximum atomic E-state index is 13.9. The standard InChI is InChI=1S/C26H31O11P/c1-17-23(34-18(2)27)24(35-19(3)28)25(36-20(4)29)26(33-17)37-38(30,31-15-21-11-7-5-8-12-21)32-16-22-13-9-6-10-14-22/h5-14,17,23-26H,15-16H2,1-4H3/t17?,23-,24+,25-,26?/m0/s1. The lowest BCUT2D eigenvalue weighted by molar-refractivity contribution is -0.284. The number of carbonyl (C=O) groups is 3. The Morgan fingerprint density at radius 2 is 1.13 bits per heavy atom. The molecule has 0 N–H and O–H groups in total. The average molecular weight is 550 g/mol. The first kappa shape index (κ1) is 29.5. The summed E-state index contributed by atoms with van der Waals surface area (Å²) in [7, 11) is -4.40. The van der Waals surface area contributed by atoms with E-state index in [9.17, 15) is 18.9 Å². The van der Waals surface area contributed by atoms with E-state index in [0.29, 0.717) is 11.1 Å². The fraction of sp³-hybridized carbons (Fsp3) is 0.423. The maximum Gasteiger partial charge on any atom is 0.477 e. The fourth-order valence-electron chi connectivity index (χ4n) is 3.74. The molecule has 0 spiro atoms. The van der Waals surface area contributed by atoms with Gasteiger partial charge in [-0.2, -0.15) is 0 Å². The van der Waals surface area contributed by atoms with Crippen molar-refractivity contribution in [1.29, 1.82) is 0 Å². The number of rotatable bonds is 11. The minimum Gasteiger partial charge on any atom is -0.456 e. The normalized spacial score (nSPS) is 23.3. The number of phosphoric acid groups is 1. The Hall–Kier alpha value is -3.08. The molecule has 1 saturated heterocycles. The van der Waals surface area contributed by atoms with E-state index >= 15 is 0 Å². The van der Waals surface area contributed by atoms with Crippen molar-refractivity contribution < 1.29 is 51.5 Å². The van der Waals surface area contributed by atoms with Crippen molar-refractivity contribution in [2.24, 2.45) is 0 Å². The van der Waals surface area contributed by atoms with Crippen LogP contribution in [-0.4, -0.2) is 48.6 Å². The molecule has 1 aliphatic heterocycles. The lowest BCUT2D eigenvalue weighted by Crippen LogP contribution is -2.61. The largest absolute Gasteiger partial charge is 0.477 e. The van der Waals surface area contributed by atoms with Crippen LogP contribution in [-0.2, 0) is 64.7 Å². The van der Waals surface area contributed by atoms with Gasteiger partial charge in [-0.15, -0.1) is 0 Å². The second-order valence-corrected chi connectivity index (χ2v) is 10.1. The van der Waals surface area contributed by atoms with Crippen LogP contribution in [0.5, 0.6) is 0 Å². The predicted octanol–water partition coefficient (Wildman–Crippen LogP) is 4.08. The van der Waals surface area contributed by atoms with Gasteiger partial charge in [0.1, 0.15) is 0 Å². The van der Waals surface area contributed by atoms with E-state index in [1.54, 1.807) is 48.5 Å². The summed E-state index contributed by atoms with van der Waals surface area (Å²) in [6.45, 7) is 4.71. The van der Waals surface area contributed by atoms with Crippen LogP contribution in [0.3, 0.4) is 0 Å². The van der Waals surface area contributed by atoms with Gasteiger partial charge in [0.15, 0.2) is 18.3 Å². The van der Waals surface area contributed by atoms with E-state index in [4.69, 9.17) is 32.5 Å². The molecule has 5 atom stereocenters. The zero-order valence-corrected chi connectivity index (χ0v) is 22.4. The molecule has 2 aromatic carbocycles. The van der Waals surface area contributed by atoms with Crippen LogP contribution in [0.15, 0.2) is 60.7 Å². The van der Waals surface area contributed by atoms with Crippen LogP contribution in [0.25, 0.3) is 0 Å². The van der Waals surface area contributed by atoms with Crippen molar-refractivity contribution in [2.75, 3.05) is 0 Å². The number of phosphoric ester groups is 1. The number of hydrogen-bond donors (Lipinski definition) is 0. The third-order valence-electron chi connectivity index (χ3n) is 5.33. The van der Waals surface area contributed by atoms with Crippen molar-refractivity contribution in [3.63, 3.8) is 0 Å². The molecule has 1 aliphatic rings. The van der Waals surface area contributed by atoms with Gasteiger partial charge in [-0.3, -0.25) is 28.0 Å². The first-order valence-electron chi connectivity index (χ1n) is 11.9. The lowest BCUT2D eigenvalue weighted by Gasteiger charge is -2.43. The van der Waals surface area contributed by atoms with Crippen LogP contribution in [0.4, 0.5) is 0 Å². The highest BCUT2D eigenvalue weighted by Gasteiger charge is 2.53. The van der Waals surface area contributed by atoms with Crippen LogP contribution < -0.4 is 0 Å². The van der Waals surface area contributed by atoms with Gasteiger partial charge in [0, 0.05) is 20.8 Å². The molecular weight excluding hydrogens is 519 g/mol. The van der Waals surface area contributed by atoms with E-state index in [1.807, 2.05) is 12.1 Å². The summed E-state index contributed by atoms with van der Waals surface area (Å²) in [4.78, 5) is 35.6. The molecule has 206 valence electrons. The summed E-state index contributed by atoms with van der Waals surface area (Å²) in [5.41, 5.74) is 1.39. The molecule has 2 aromatic rings. The number of carbonyl (C=O) groups excluding carboxylic acids is 3. The molecule has 11 nitrogen and oxygen atoms in total. The van der Waals surface area contributed by atoms with E-state index in [2.05, 4.69) is 0 Å². The molecule has 1 fully saturated rings. The first-order chi connectivity index (χ1) is 18.1. The number of ether oxygens (including phenoxy) is 4. The molecule has 1 heterocycles. The molecule has 12 heteroatoms. The van der Waals surface area contributed by atoms with Gasteiger partial charge in [-0.25, -0.2) is 4.57 Å². The van der Waals surface area contributed by atoms with Crippen LogP contribution >= 0.6 is 7.82 Å². The van der Waals surface area contributed by atoms with Gasteiger partial charge in [-0.1, -0.05) is 60.7 Å². The molecule has 0 radical (unpaired) electrons. The van der Waals surface area contributed by atoms with Gasteiger partial charge < -0.3 is 18.9 Å². The third-order valence-corrected chi connectivity index (χ3v) is 6.69. The number of benzene rings is 2. The molecule has 0 aliphatic carbocycles. The highest BCUT2D eigenvalue weighted by molar-refractivity contribution is 7.48. The van der Waals surface area contributed by atoms with E-state index in [1.165, 1.54) is 13.8 Å². The maximum absolute atomic E-state index is 13.9. The van der Waals surface area contributed by atoms with Crippen molar-refractivity contribution >= 4 is 25.7 Å². The summed E-state index contributed by atoms with van der Waals surface area (Å²) in [6.07, 6.45) is -6.42. The van der Waals surface area contributed by atoms with Crippen molar-refractivity contribution in [3.8, 4) is 0 Å². The topological polar surface area (TPSA) is 133 Å². The molecule has 0 bridgehead atoms. The van der Waals surface area contributed by atoms with E-state index in [0.717, 1.165) is 13.8 Å². The lowest BCUT2D eigenvalue weighted by atomic mass is 9.99. The Kier molecular flexibility index (Phi) is 10.6. The minimum atomic E-state index is -4.40. The summed E-state index contributed by atoms with van der Waals surface area (Å²) >= 11 is 0. The molecular formula is C26H31O11P. The Morgan fingerprint density at radius 1 is 0.711 bits per heavy atom. The van der Waals surface area contributed by atoms with Gasteiger partial charge in [0.25, 0.3) is 0 Å². The molecule has 2 unspecified atom stereocenters. The zero-order chi connectivity index (χ0) is 27.7. The Bertz CT molecular complexity index is 1080. The van der Waals surface area contributed by atoms with Crippen LogP contribution in [0.1, 0.15) is 38.8 Å². The smallest absolute Gasteiger partial charge is 0.456 e. The summed E-state index contributed by atoms with van der Waals surface area (Å²) in [6, 6.07) is 17.9. The fourth-order valence-corrected chi connectivity index (χ4v) is 4.97. The van der Waals surface area contributed by atoms with Crippen molar-refractivity contribution in [2.45, 2.75) is 71.6 Å². The van der Waals surface area contributed by atoms with Gasteiger partial charge in [-0.05, 0) is 18.1 Å². The third kappa shape index (κ3) is 8.75. The molecule has 3 rings (SSSR count). The Labute approximate surface area is 220 Å². The highest BCUT2D eigenvalue weighted by Crippen LogP contribution is 2.53. The summed E-state index contributed by atoms with van der Waals surface area (Å²) < 4.78 is 52.7. The van der Waals surface area contributed by atoms with Crippen molar-refractivity contribution in [3.05, 3.63) is 71.8 Å². The van der Waals surface area contributed by atoms with E-state index < -0.39 is 56.4 Å². The molecule has 38 heavy (non-hydrogen) atoms. The predicted molar refractivity (Wildman–Crippen MR) is 132 cm³/mol. The Morgan fingerprint density at radius 3 is 1.58 bits per heavy atom. The molecule has 0 saturated carbocycles. The van der Waals surface area contributed by atoms with Gasteiger partial charge in [0.2, 0.25) is 6.29 Å². The van der Waals surface area contributed by atoms with Crippen LogP contribution in [0, 0.1) is 0 Å². The molecule has 0 amide bonds. The number of esters is 3. The number of hydrogen-bond acceptors (Lipinski definition) is 11. The molecule has 0 aromatic heterocycles. The zero-order valence-electron chi connectivity index (χ0n) is 21.5. The summed E-state index contributed by atoms with van der Waals surface area (Å²) in [5, 5.41) is 0. The van der Waals surface area contributed by atoms with E-state index in [-0.39, 0.29) is 13.2 Å². The quantitative estimate of drug-likeness (QED) is 0.228. The monoisotopic (exact) mass is 550 g/mol. The van der Waals surface area contributed by atoms with Gasteiger partial charge >= 0.3 is 25.7 Å². The minimum absolute atomic E-state index is 0.128. The van der Waals surface area contributed by atoms with Gasteiger partial charge in [0.05, 0.1) is 19.3 Å². The second kappa shape index (κ2) is 13.6. The Balaban J connectivity index is 1.90. The first-order valence-corrected chi connectivity index (χ1v) is 13.3. The van der Waals surface area contributed by atoms with Crippen LogP contribution in [0.2, 0.25) is 0 Å². The second-order valence-electron chi connectivity index (χ2n) is 8.50. The highest BCUT2D eigenvalue weighted by atomic mass is 31.2.